The van der Waals surface area contributed by atoms with Crippen LogP contribution in [0.1, 0.15) is 18.1 Å². The molecule has 1 aliphatic rings. The molecule has 10 nitrogen and oxygen atoms in total. The second-order valence-electron chi connectivity index (χ2n) is 6.27. The van der Waals surface area contributed by atoms with Crippen molar-refractivity contribution in [3.8, 4) is 11.5 Å². The highest BCUT2D eigenvalue weighted by molar-refractivity contribution is 6.32. The lowest BCUT2D eigenvalue weighted by Crippen LogP contribution is -2.15. The molecule has 2 aromatic carbocycles. The molecule has 0 saturated heterocycles. The number of rotatable bonds is 8. The molecular weight excluding hydrogens is 444 g/mol. The van der Waals surface area contributed by atoms with E-state index in [1.165, 1.54) is 43.5 Å². The minimum atomic E-state index is -0.698. The van der Waals surface area contributed by atoms with Crippen LogP contribution in [-0.2, 0) is 19.1 Å². The minimum absolute atomic E-state index is 0.00309. The van der Waals surface area contributed by atoms with Gasteiger partial charge in [-0.2, -0.15) is 0 Å². The molecule has 0 fully saturated rings. The van der Waals surface area contributed by atoms with Gasteiger partial charge in [0, 0.05) is 17.7 Å². The van der Waals surface area contributed by atoms with Crippen LogP contribution in [0.2, 0.25) is 5.02 Å². The Labute approximate surface area is 187 Å². The van der Waals surface area contributed by atoms with E-state index in [0.29, 0.717) is 11.1 Å². The van der Waals surface area contributed by atoms with E-state index in [1.807, 2.05) is 0 Å². The number of non-ortho nitro benzene ring substituents is 1. The van der Waals surface area contributed by atoms with Gasteiger partial charge in [-0.1, -0.05) is 11.6 Å². The first kappa shape index (κ1) is 22.8. The number of cyclic esters (lactones) is 1. The number of esters is 2. The van der Waals surface area contributed by atoms with Gasteiger partial charge in [0.25, 0.3) is 5.69 Å². The van der Waals surface area contributed by atoms with E-state index in [9.17, 15) is 19.7 Å². The van der Waals surface area contributed by atoms with Crippen LogP contribution in [0.25, 0.3) is 6.08 Å². The molecule has 11 heteroatoms. The summed E-state index contributed by atoms with van der Waals surface area (Å²) in [6.07, 6.45) is 1.43. The number of methoxy groups -OCH3 is 1. The predicted molar refractivity (Wildman–Crippen MR) is 114 cm³/mol. The van der Waals surface area contributed by atoms with Gasteiger partial charge in [0.15, 0.2) is 23.8 Å². The number of nitro groups is 1. The number of aliphatic imine (C=N–C) groups is 1. The molecule has 3 rings (SSSR count). The summed E-state index contributed by atoms with van der Waals surface area (Å²) < 4.78 is 20.6. The second-order valence-corrected chi connectivity index (χ2v) is 6.68. The second kappa shape index (κ2) is 9.92. The summed E-state index contributed by atoms with van der Waals surface area (Å²) in [5, 5.41) is 10.9. The maximum Gasteiger partial charge on any atom is 0.363 e. The van der Waals surface area contributed by atoms with Crippen molar-refractivity contribution in [3.05, 3.63) is 68.4 Å². The Kier molecular flexibility index (Phi) is 7.06. The fourth-order valence-corrected chi connectivity index (χ4v) is 2.99. The van der Waals surface area contributed by atoms with Crippen molar-refractivity contribution in [3.63, 3.8) is 0 Å². The third kappa shape index (κ3) is 5.22. The molecule has 2 aromatic rings. The third-order valence-electron chi connectivity index (χ3n) is 4.14. The van der Waals surface area contributed by atoms with Crippen LogP contribution in [0.3, 0.4) is 0 Å². The summed E-state index contributed by atoms with van der Waals surface area (Å²) in [6.45, 7) is 1.55. The van der Waals surface area contributed by atoms with E-state index in [-0.39, 0.29) is 47.0 Å². The number of carbonyl (C=O) groups is 2. The standard InChI is InChI=1S/C21H17ClN2O8/c1-3-30-18(25)11-31-19-15(22)8-12(10-17(19)29-2)9-16-21(26)32-20(23-16)13-4-6-14(7-5-13)24(27)28/h4-10H,3,11H2,1-2H3/b16-9-. The molecule has 0 unspecified atom stereocenters. The average Bonchev–Trinajstić information content (AvgIpc) is 3.13. The molecule has 166 valence electrons. The maximum absolute atomic E-state index is 12.2. The number of halogens is 1. The normalized spacial score (nSPS) is 14.0. The Morgan fingerprint density at radius 3 is 2.62 bits per heavy atom. The number of benzene rings is 2. The zero-order valence-electron chi connectivity index (χ0n) is 17.0. The predicted octanol–water partition coefficient (Wildman–Crippen LogP) is 3.54. The van der Waals surface area contributed by atoms with Gasteiger partial charge in [-0.25, -0.2) is 14.6 Å². The Bertz CT molecular complexity index is 1130. The number of hydrogen-bond acceptors (Lipinski definition) is 9. The van der Waals surface area contributed by atoms with Crippen molar-refractivity contribution in [2.75, 3.05) is 20.3 Å². The number of ether oxygens (including phenoxy) is 4. The topological polar surface area (TPSA) is 127 Å². The first-order valence-electron chi connectivity index (χ1n) is 9.25. The molecule has 0 amide bonds. The summed E-state index contributed by atoms with van der Waals surface area (Å²) in [6, 6.07) is 8.49. The molecule has 0 atom stereocenters. The van der Waals surface area contributed by atoms with Gasteiger partial charge in [0.05, 0.1) is 23.7 Å². The zero-order chi connectivity index (χ0) is 23.3. The largest absolute Gasteiger partial charge is 0.493 e. The fraction of sp³-hybridized carbons (Fsp3) is 0.190. The third-order valence-corrected chi connectivity index (χ3v) is 4.42. The van der Waals surface area contributed by atoms with Crippen molar-refractivity contribution in [1.29, 1.82) is 0 Å². The van der Waals surface area contributed by atoms with E-state index in [0.717, 1.165) is 0 Å². The van der Waals surface area contributed by atoms with Crippen LogP contribution in [0.4, 0.5) is 5.69 Å². The molecule has 0 aliphatic carbocycles. The Morgan fingerprint density at radius 2 is 2.00 bits per heavy atom. The summed E-state index contributed by atoms with van der Waals surface area (Å²) >= 11 is 6.27. The quantitative estimate of drug-likeness (QED) is 0.253. The van der Waals surface area contributed by atoms with E-state index >= 15 is 0 Å². The highest BCUT2D eigenvalue weighted by Gasteiger charge is 2.25. The zero-order valence-corrected chi connectivity index (χ0v) is 17.7. The average molecular weight is 461 g/mol. The first-order valence-corrected chi connectivity index (χ1v) is 9.63. The van der Waals surface area contributed by atoms with E-state index in [2.05, 4.69) is 4.99 Å². The molecule has 0 saturated carbocycles. The van der Waals surface area contributed by atoms with Gasteiger partial charge in [0.1, 0.15) is 0 Å². The van der Waals surface area contributed by atoms with Gasteiger partial charge >= 0.3 is 11.9 Å². The monoisotopic (exact) mass is 460 g/mol. The van der Waals surface area contributed by atoms with Crippen molar-refractivity contribution in [2.45, 2.75) is 6.92 Å². The first-order chi connectivity index (χ1) is 15.3. The summed E-state index contributed by atoms with van der Waals surface area (Å²) in [7, 11) is 1.40. The lowest BCUT2D eigenvalue weighted by atomic mass is 10.1. The summed E-state index contributed by atoms with van der Waals surface area (Å²) in [4.78, 5) is 38.1. The number of nitro benzene ring substituents is 1. The van der Waals surface area contributed by atoms with E-state index in [4.69, 9.17) is 30.5 Å². The van der Waals surface area contributed by atoms with Gasteiger partial charge < -0.3 is 18.9 Å². The van der Waals surface area contributed by atoms with Gasteiger partial charge in [-0.3, -0.25) is 10.1 Å². The molecule has 0 radical (unpaired) electrons. The fourth-order valence-electron chi connectivity index (χ4n) is 2.71. The molecule has 1 aliphatic heterocycles. The summed E-state index contributed by atoms with van der Waals surface area (Å²) in [5.41, 5.74) is 0.778. The molecular formula is C21H17ClN2O8. The number of nitrogens with zero attached hydrogens (tertiary/aromatic N) is 2. The Morgan fingerprint density at radius 1 is 1.28 bits per heavy atom. The molecule has 32 heavy (non-hydrogen) atoms. The SMILES string of the molecule is CCOC(=O)COc1c(Cl)cc(/C=C2\N=C(c3ccc([N+](=O)[O-])cc3)OC2=O)cc1OC. The maximum atomic E-state index is 12.2. The Balaban J connectivity index is 1.85. The van der Waals surface area contributed by atoms with Gasteiger partial charge in [0.2, 0.25) is 5.90 Å². The van der Waals surface area contributed by atoms with Crippen molar-refractivity contribution < 1.29 is 33.5 Å². The lowest BCUT2D eigenvalue weighted by molar-refractivity contribution is -0.384. The van der Waals surface area contributed by atoms with Gasteiger partial charge in [-0.15, -0.1) is 0 Å². The highest BCUT2D eigenvalue weighted by Crippen LogP contribution is 2.37. The smallest absolute Gasteiger partial charge is 0.363 e. The van der Waals surface area contributed by atoms with Crippen LogP contribution in [-0.4, -0.2) is 43.1 Å². The van der Waals surface area contributed by atoms with E-state index < -0.39 is 16.9 Å². The lowest BCUT2D eigenvalue weighted by Gasteiger charge is -2.12. The molecule has 0 N–H and O–H groups in total. The molecule has 0 bridgehead atoms. The number of hydrogen-bond donors (Lipinski definition) is 0. The van der Waals surface area contributed by atoms with Crippen molar-refractivity contribution in [2.24, 2.45) is 4.99 Å². The molecule has 0 spiro atoms. The minimum Gasteiger partial charge on any atom is -0.493 e. The van der Waals surface area contributed by atoms with Gasteiger partial charge in [-0.05, 0) is 42.8 Å². The van der Waals surface area contributed by atoms with Crippen molar-refractivity contribution in [1.82, 2.24) is 0 Å². The molecule has 1 heterocycles. The number of carbonyl (C=O) groups excluding carboxylic acids is 2. The summed E-state index contributed by atoms with van der Waals surface area (Å²) in [5.74, 6) is -0.855. The van der Waals surface area contributed by atoms with Crippen LogP contribution >= 0.6 is 11.6 Å². The highest BCUT2D eigenvalue weighted by atomic mass is 35.5. The van der Waals surface area contributed by atoms with Crippen LogP contribution < -0.4 is 9.47 Å². The van der Waals surface area contributed by atoms with Crippen LogP contribution in [0.5, 0.6) is 11.5 Å². The van der Waals surface area contributed by atoms with Crippen LogP contribution in [0.15, 0.2) is 47.1 Å². The molecule has 0 aromatic heterocycles. The van der Waals surface area contributed by atoms with Crippen LogP contribution in [0, 0.1) is 10.1 Å². The van der Waals surface area contributed by atoms with Crippen molar-refractivity contribution >= 4 is 41.2 Å². The Hall–Kier alpha value is -3.92. The van der Waals surface area contributed by atoms with E-state index in [1.54, 1.807) is 13.0 Å².